The van der Waals surface area contributed by atoms with Crippen molar-refractivity contribution in [2.75, 3.05) is 18.0 Å². The highest BCUT2D eigenvalue weighted by molar-refractivity contribution is 5.43. The molecule has 1 aromatic rings. The lowest BCUT2D eigenvalue weighted by molar-refractivity contribution is 0.0646. The number of nitrogens with zero attached hydrogens (tertiary/aromatic N) is 3. The fourth-order valence-electron chi connectivity index (χ4n) is 2.41. The summed E-state index contributed by atoms with van der Waals surface area (Å²) in [6.45, 7) is 8.18. The minimum absolute atomic E-state index is 0.0922. The van der Waals surface area contributed by atoms with Crippen molar-refractivity contribution in [3.05, 3.63) is 22.6 Å². The number of piperidine rings is 1. The predicted octanol–water partition coefficient (Wildman–Crippen LogP) is 1.64. The van der Waals surface area contributed by atoms with Gasteiger partial charge in [0.1, 0.15) is 0 Å². The molecule has 1 saturated heterocycles. The molecule has 1 fully saturated rings. The second-order valence-electron chi connectivity index (χ2n) is 6.51. The van der Waals surface area contributed by atoms with Crippen LogP contribution in [0.25, 0.3) is 0 Å². The fourth-order valence-corrected chi connectivity index (χ4v) is 2.41. The Hall–Kier alpha value is -1.36. The molecule has 0 saturated carbocycles. The molecule has 5 nitrogen and oxygen atoms in total. The summed E-state index contributed by atoms with van der Waals surface area (Å²) < 4.78 is 1.42. The Morgan fingerprint density at radius 1 is 1.40 bits per heavy atom. The van der Waals surface area contributed by atoms with E-state index in [1.807, 2.05) is 0 Å². The van der Waals surface area contributed by atoms with E-state index in [1.54, 1.807) is 26.1 Å². The molecule has 1 aliphatic heterocycles. The van der Waals surface area contributed by atoms with Crippen molar-refractivity contribution in [2.45, 2.75) is 52.2 Å². The maximum atomic E-state index is 12.1. The number of aryl methyl sites for hydroxylation is 1. The van der Waals surface area contributed by atoms with Gasteiger partial charge in [-0.15, -0.1) is 0 Å². The number of rotatable bonds is 4. The van der Waals surface area contributed by atoms with E-state index in [2.05, 4.69) is 16.9 Å². The van der Waals surface area contributed by atoms with Crippen LogP contribution in [0.4, 0.5) is 5.69 Å². The van der Waals surface area contributed by atoms with Crippen molar-refractivity contribution < 1.29 is 5.11 Å². The average molecular weight is 279 g/mol. The van der Waals surface area contributed by atoms with Crippen molar-refractivity contribution >= 4 is 5.69 Å². The van der Waals surface area contributed by atoms with Crippen molar-refractivity contribution in [3.8, 4) is 0 Å². The van der Waals surface area contributed by atoms with Gasteiger partial charge in [-0.3, -0.25) is 4.79 Å². The zero-order valence-electron chi connectivity index (χ0n) is 12.7. The van der Waals surface area contributed by atoms with Crippen LogP contribution in [0.1, 0.15) is 40.0 Å². The van der Waals surface area contributed by atoms with Crippen molar-refractivity contribution in [1.29, 1.82) is 0 Å². The van der Waals surface area contributed by atoms with E-state index in [0.29, 0.717) is 13.0 Å². The molecule has 2 heterocycles. The zero-order chi connectivity index (χ0) is 14.8. The highest BCUT2D eigenvalue weighted by atomic mass is 16.3. The minimum Gasteiger partial charge on any atom is -0.390 e. The van der Waals surface area contributed by atoms with Crippen LogP contribution in [0.15, 0.2) is 17.1 Å². The Bertz CT molecular complexity index is 497. The van der Waals surface area contributed by atoms with Crippen LogP contribution in [-0.4, -0.2) is 33.6 Å². The van der Waals surface area contributed by atoms with Crippen LogP contribution in [-0.2, 0) is 6.54 Å². The van der Waals surface area contributed by atoms with E-state index in [0.717, 1.165) is 24.7 Å². The highest BCUT2D eigenvalue weighted by Crippen LogP contribution is 2.21. The molecular formula is C15H25N3O2. The summed E-state index contributed by atoms with van der Waals surface area (Å²) in [4.78, 5) is 14.3. The summed E-state index contributed by atoms with van der Waals surface area (Å²) in [7, 11) is 0. The highest BCUT2D eigenvalue weighted by Gasteiger charge is 2.17. The van der Waals surface area contributed by atoms with Crippen LogP contribution in [0.3, 0.4) is 0 Å². The average Bonchev–Trinajstić information content (AvgIpc) is 2.37. The first-order valence-corrected chi connectivity index (χ1v) is 7.40. The Morgan fingerprint density at radius 3 is 2.60 bits per heavy atom. The van der Waals surface area contributed by atoms with Gasteiger partial charge in [-0.05, 0) is 39.0 Å². The summed E-state index contributed by atoms with van der Waals surface area (Å²) in [5.41, 5.74) is 0.0507. The number of aliphatic hydroxyl groups is 1. The van der Waals surface area contributed by atoms with E-state index in [1.165, 1.54) is 17.5 Å². The smallest absolute Gasteiger partial charge is 0.268 e. The van der Waals surface area contributed by atoms with Gasteiger partial charge in [-0.2, -0.15) is 5.10 Å². The van der Waals surface area contributed by atoms with Gasteiger partial charge < -0.3 is 10.0 Å². The van der Waals surface area contributed by atoms with Gasteiger partial charge in [0, 0.05) is 25.7 Å². The quantitative estimate of drug-likeness (QED) is 0.910. The van der Waals surface area contributed by atoms with Gasteiger partial charge in [0.2, 0.25) is 0 Å². The molecule has 0 aliphatic carbocycles. The molecule has 0 amide bonds. The van der Waals surface area contributed by atoms with Gasteiger partial charge >= 0.3 is 0 Å². The van der Waals surface area contributed by atoms with E-state index < -0.39 is 5.60 Å². The standard InChI is InChI=1S/C15H25N3O2/c1-12-4-7-17(8-5-12)13-10-14(19)18(16-11-13)9-6-15(2,3)20/h10-12,20H,4-9H2,1-3H3. The number of anilines is 1. The molecule has 20 heavy (non-hydrogen) atoms. The molecular weight excluding hydrogens is 254 g/mol. The molecule has 0 spiro atoms. The number of hydrogen-bond donors (Lipinski definition) is 1. The van der Waals surface area contributed by atoms with Crippen LogP contribution in [0.2, 0.25) is 0 Å². The maximum absolute atomic E-state index is 12.1. The first kappa shape index (κ1) is 15.0. The molecule has 1 aromatic heterocycles. The first-order valence-electron chi connectivity index (χ1n) is 7.40. The largest absolute Gasteiger partial charge is 0.390 e. The SMILES string of the molecule is CC1CCN(c2cnn(CCC(C)(C)O)c(=O)c2)CC1. The fraction of sp³-hybridized carbons (Fsp3) is 0.733. The Morgan fingerprint density at radius 2 is 2.05 bits per heavy atom. The second kappa shape index (κ2) is 5.95. The number of aromatic nitrogens is 2. The van der Waals surface area contributed by atoms with Crippen molar-refractivity contribution in [1.82, 2.24) is 9.78 Å². The van der Waals surface area contributed by atoms with Crippen LogP contribution < -0.4 is 10.5 Å². The zero-order valence-corrected chi connectivity index (χ0v) is 12.7. The third kappa shape index (κ3) is 4.07. The third-order valence-corrected chi connectivity index (χ3v) is 3.94. The predicted molar refractivity (Wildman–Crippen MR) is 80.0 cm³/mol. The minimum atomic E-state index is -0.775. The first-order chi connectivity index (χ1) is 9.35. The summed E-state index contributed by atoms with van der Waals surface area (Å²) in [5.74, 6) is 0.770. The van der Waals surface area contributed by atoms with Crippen molar-refractivity contribution in [2.24, 2.45) is 5.92 Å². The molecule has 5 heteroatoms. The molecule has 0 radical (unpaired) electrons. The van der Waals surface area contributed by atoms with Gasteiger partial charge in [-0.25, -0.2) is 4.68 Å². The topological polar surface area (TPSA) is 58.4 Å². The molecule has 112 valence electrons. The normalized spacial score (nSPS) is 17.5. The molecule has 0 unspecified atom stereocenters. The molecule has 0 atom stereocenters. The van der Waals surface area contributed by atoms with Crippen LogP contribution >= 0.6 is 0 Å². The van der Waals surface area contributed by atoms with Crippen LogP contribution in [0, 0.1) is 5.92 Å². The Balaban J connectivity index is 2.04. The molecule has 0 bridgehead atoms. The monoisotopic (exact) mass is 279 g/mol. The molecule has 2 rings (SSSR count). The number of hydrogen-bond acceptors (Lipinski definition) is 4. The third-order valence-electron chi connectivity index (χ3n) is 3.94. The summed E-state index contributed by atoms with van der Waals surface area (Å²) >= 11 is 0. The lowest BCUT2D eigenvalue weighted by Crippen LogP contribution is -2.35. The van der Waals surface area contributed by atoms with E-state index in [4.69, 9.17) is 0 Å². The lowest BCUT2D eigenvalue weighted by Gasteiger charge is -2.31. The maximum Gasteiger partial charge on any atom is 0.268 e. The van der Waals surface area contributed by atoms with Gasteiger partial charge in [0.05, 0.1) is 17.5 Å². The van der Waals surface area contributed by atoms with Crippen molar-refractivity contribution in [3.63, 3.8) is 0 Å². The molecule has 1 aliphatic rings. The lowest BCUT2D eigenvalue weighted by atomic mass is 9.99. The summed E-state index contributed by atoms with van der Waals surface area (Å²) in [5, 5.41) is 13.9. The molecule has 0 aromatic carbocycles. The van der Waals surface area contributed by atoms with E-state index >= 15 is 0 Å². The second-order valence-corrected chi connectivity index (χ2v) is 6.51. The van der Waals surface area contributed by atoms with Gasteiger partial charge in [0.25, 0.3) is 5.56 Å². The van der Waals surface area contributed by atoms with Crippen LogP contribution in [0.5, 0.6) is 0 Å². The van der Waals surface area contributed by atoms with Gasteiger partial charge in [0.15, 0.2) is 0 Å². The Labute approximate surface area is 120 Å². The summed E-state index contributed by atoms with van der Waals surface area (Å²) in [6, 6.07) is 1.66. The van der Waals surface area contributed by atoms with E-state index in [9.17, 15) is 9.90 Å². The summed E-state index contributed by atoms with van der Waals surface area (Å²) in [6.07, 6.45) is 4.62. The van der Waals surface area contributed by atoms with E-state index in [-0.39, 0.29) is 5.56 Å². The Kier molecular flexibility index (Phi) is 4.48. The van der Waals surface area contributed by atoms with Gasteiger partial charge in [-0.1, -0.05) is 6.92 Å². The molecule has 1 N–H and O–H groups in total.